The summed E-state index contributed by atoms with van der Waals surface area (Å²) in [6.07, 6.45) is 1.70. The van der Waals surface area contributed by atoms with E-state index in [4.69, 9.17) is 23.2 Å². The zero-order valence-corrected chi connectivity index (χ0v) is 11.8. The van der Waals surface area contributed by atoms with Crippen molar-refractivity contribution >= 4 is 35.0 Å². The van der Waals surface area contributed by atoms with Crippen LogP contribution in [0.15, 0.2) is 36.5 Å². The van der Waals surface area contributed by atoms with Crippen LogP contribution in [0.25, 0.3) is 0 Å². The predicted molar refractivity (Wildman–Crippen MR) is 76.6 cm³/mol. The summed E-state index contributed by atoms with van der Waals surface area (Å²) in [6.45, 7) is 0. The second kappa shape index (κ2) is 6.45. The van der Waals surface area contributed by atoms with Crippen molar-refractivity contribution in [1.29, 1.82) is 0 Å². The first-order valence-corrected chi connectivity index (χ1v) is 6.48. The van der Waals surface area contributed by atoms with E-state index in [0.717, 1.165) is 0 Å². The zero-order valence-electron chi connectivity index (χ0n) is 10.2. The second-order valence-electron chi connectivity index (χ2n) is 4.01. The highest BCUT2D eigenvalue weighted by molar-refractivity contribution is 6.42. The molecule has 2 amide bonds. The van der Waals surface area contributed by atoms with E-state index in [1.54, 1.807) is 36.5 Å². The Labute approximate surface area is 125 Å². The van der Waals surface area contributed by atoms with E-state index in [0.29, 0.717) is 21.3 Å². The minimum absolute atomic E-state index is 0.0852. The number of benzene rings is 1. The second-order valence-corrected chi connectivity index (χ2v) is 4.83. The molecule has 0 bridgehead atoms. The Kier molecular flexibility index (Phi) is 4.65. The van der Waals surface area contributed by atoms with Crippen LogP contribution in [0.2, 0.25) is 10.0 Å². The molecule has 0 spiro atoms. The molecule has 104 valence electrons. The van der Waals surface area contributed by atoms with Gasteiger partial charge in [0.1, 0.15) is 5.69 Å². The molecule has 0 atom stereocenters. The molecule has 0 fully saturated rings. The molecule has 1 aromatic carbocycles. The quantitative estimate of drug-likeness (QED) is 0.761. The van der Waals surface area contributed by atoms with Gasteiger partial charge in [-0.15, -0.1) is 0 Å². The Balaban J connectivity index is 1.86. The average molecular weight is 312 g/mol. The third kappa shape index (κ3) is 3.76. The predicted octanol–water partition coefficient (Wildman–Crippen LogP) is 2.33. The molecule has 3 N–H and O–H groups in total. The normalized spacial score (nSPS) is 10.1. The molecule has 1 heterocycles. The molecule has 0 radical (unpaired) electrons. The number of nitrogens with one attached hydrogen (secondary N) is 3. The number of halogens is 2. The fourth-order valence-corrected chi connectivity index (χ4v) is 1.87. The van der Waals surface area contributed by atoms with Crippen molar-refractivity contribution in [3.8, 4) is 0 Å². The minimum Gasteiger partial charge on any atom is -0.357 e. The average Bonchev–Trinajstić information content (AvgIpc) is 2.94. The Morgan fingerprint density at radius 1 is 1.10 bits per heavy atom. The third-order valence-corrected chi connectivity index (χ3v) is 3.25. The van der Waals surface area contributed by atoms with Crippen molar-refractivity contribution in [2.75, 3.05) is 0 Å². The van der Waals surface area contributed by atoms with Gasteiger partial charge in [0.15, 0.2) is 0 Å². The number of H-pyrrole nitrogens is 1. The Hall–Kier alpha value is -1.98. The number of hydrazine groups is 1. The Morgan fingerprint density at radius 3 is 2.55 bits per heavy atom. The molecule has 0 saturated heterocycles. The number of hydrogen-bond donors (Lipinski definition) is 3. The number of aromatic nitrogens is 1. The lowest BCUT2D eigenvalue weighted by Gasteiger charge is -2.07. The SMILES string of the molecule is O=C(Cc1ccc(Cl)c(Cl)c1)NNC(=O)c1ccc[nH]1. The number of rotatable bonds is 3. The maximum atomic E-state index is 11.7. The summed E-state index contributed by atoms with van der Waals surface area (Å²) in [5, 5.41) is 0.809. The highest BCUT2D eigenvalue weighted by atomic mass is 35.5. The molecule has 2 aromatic rings. The van der Waals surface area contributed by atoms with Gasteiger partial charge in [-0.25, -0.2) is 0 Å². The molecular weight excluding hydrogens is 301 g/mol. The van der Waals surface area contributed by atoms with Gasteiger partial charge in [0, 0.05) is 6.20 Å². The lowest BCUT2D eigenvalue weighted by Crippen LogP contribution is -2.42. The van der Waals surface area contributed by atoms with Gasteiger partial charge in [-0.3, -0.25) is 20.4 Å². The summed E-state index contributed by atoms with van der Waals surface area (Å²) in [5.74, 6) is -0.777. The van der Waals surface area contributed by atoms with Gasteiger partial charge in [-0.05, 0) is 29.8 Å². The van der Waals surface area contributed by atoms with Crippen LogP contribution in [-0.4, -0.2) is 16.8 Å². The van der Waals surface area contributed by atoms with Crippen LogP contribution in [0, 0.1) is 0 Å². The minimum atomic E-state index is -0.419. The third-order valence-electron chi connectivity index (χ3n) is 2.51. The standard InChI is InChI=1S/C13H11Cl2N3O2/c14-9-4-3-8(6-10(9)15)7-12(19)17-18-13(20)11-2-1-5-16-11/h1-6,16H,7H2,(H,17,19)(H,18,20). The first-order valence-electron chi connectivity index (χ1n) is 5.73. The largest absolute Gasteiger partial charge is 0.357 e. The van der Waals surface area contributed by atoms with Gasteiger partial charge in [-0.2, -0.15) is 0 Å². The van der Waals surface area contributed by atoms with E-state index in [1.165, 1.54) is 0 Å². The molecular formula is C13H11Cl2N3O2. The molecule has 20 heavy (non-hydrogen) atoms. The summed E-state index contributed by atoms with van der Waals surface area (Å²) in [7, 11) is 0. The lowest BCUT2D eigenvalue weighted by molar-refractivity contribution is -0.121. The lowest BCUT2D eigenvalue weighted by atomic mass is 10.1. The van der Waals surface area contributed by atoms with Gasteiger partial charge in [0.05, 0.1) is 16.5 Å². The molecule has 7 heteroatoms. The fourth-order valence-electron chi connectivity index (χ4n) is 1.54. The molecule has 0 aliphatic carbocycles. The van der Waals surface area contributed by atoms with Crippen LogP contribution in [0.3, 0.4) is 0 Å². The summed E-state index contributed by atoms with van der Waals surface area (Å²) < 4.78 is 0. The summed E-state index contributed by atoms with van der Waals surface area (Å²) in [6, 6.07) is 8.20. The summed E-state index contributed by atoms with van der Waals surface area (Å²) >= 11 is 11.6. The van der Waals surface area contributed by atoms with Crippen molar-refractivity contribution in [3.63, 3.8) is 0 Å². The molecule has 1 aromatic heterocycles. The summed E-state index contributed by atoms with van der Waals surface area (Å²) in [5.41, 5.74) is 5.68. The topological polar surface area (TPSA) is 74.0 Å². The van der Waals surface area contributed by atoms with Crippen LogP contribution < -0.4 is 10.9 Å². The number of carbonyl (C=O) groups excluding carboxylic acids is 2. The Morgan fingerprint density at radius 2 is 1.90 bits per heavy atom. The first-order chi connectivity index (χ1) is 9.56. The van der Waals surface area contributed by atoms with Crippen molar-refractivity contribution < 1.29 is 9.59 Å². The van der Waals surface area contributed by atoms with Crippen LogP contribution in [0.4, 0.5) is 0 Å². The van der Waals surface area contributed by atoms with Gasteiger partial charge >= 0.3 is 0 Å². The highest BCUT2D eigenvalue weighted by Gasteiger charge is 2.09. The monoisotopic (exact) mass is 311 g/mol. The van der Waals surface area contributed by atoms with Crippen LogP contribution in [0.1, 0.15) is 16.1 Å². The zero-order chi connectivity index (χ0) is 14.5. The molecule has 0 aliphatic heterocycles. The van der Waals surface area contributed by atoms with Crippen molar-refractivity contribution in [1.82, 2.24) is 15.8 Å². The number of hydrogen-bond acceptors (Lipinski definition) is 2. The van der Waals surface area contributed by atoms with Crippen molar-refractivity contribution in [2.45, 2.75) is 6.42 Å². The van der Waals surface area contributed by atoms with Crippen molar-refractivity contribution in [3.05, 3.63) is 57.8 Å². The van der Waals surface area contributed by atoms with Gasteiger partial charge < -0.3 is 4.98 Å². The van der Waals surface area contributed by atoms with E-state index in [2.05, 4.69) is 15.8 Å². The van der Waals surface area contributed by atoms with Gasteiger partial charge in [0.2, 0.25) is 5.91 Å². The Bertz CT molecular complexity index is 627. The van der Waals surface area contributed by atoms with Gasteiger partial charge in [0.25, 0.3) is 5.91 Å². The summed E-state index contributed by atoms with van der Waals surface area (Å²) in [4.78, 5) is 26.0. The maximum Gasteiger partial charge on any atom is 0.286 e. The van der Waals surface area contributed by atoms with E-state index in [9.17, 15) is 9.59 Å². The van der Waals surface area contributed by atoms with Crippen LogP contribution in [0.5, 0.6) is 0 Å². The molecule has 0 aliphatic rings. The van der Waals surface area contributed by atoms with Gasteiger partial charge in [-0.1, -0.05) is 29.3 Å². The first kappa shape index (κ1) is 14.4. The molecule has 5 nitrogen and oxygen atoms in total. The number of carbonyl (C=O) groups is 2. The highest BCUT2D eigenvalue weighted by Crippen LogP contribution is 2.22. The van der Waals surface area contributed by atoms with Crippen LogP contribution >= 0.6 is 23.2 Å². The van der Waals surface area contributed by atoms with E-state index < -0.39 is 5.91 Å². The number of amides is 2. The van der Waals surface area contributed by atoms with Crippen LogP contribution in [-0.2, 0) is 11.2 Å². The van der Waals surface area contributed by atoms with Crippen molar-refractivity contribution in [2.24, 2.45) is 0 Å². The molecule has 2 rings (SSSR count). The fraction of sp³-hybridized carbons (Fsp3) is 0.0769. The van der Waals surface area contributed by atoms with E-state index in [-0.39, 0.29) is 12.3 Å². The maximum absolute atomic E-state index is 11.7. The smallest absolute Gasteiger partial charge is 0.286 e. The number of aromatic amines is 1. The molecule has 0 saturated carbocycles. The molecule has 0 unspecified atom stereocenters. The van der Waals surface area contributed by atoms with E-state index >= 15 is 0 Å². The van der Waals surface area contributed by atoms with E-state index in [1.807, 2.05) is 0 Å².